The van der Waals surface area contributed by atoms with Gasteiger partial charge in [0.15, 0.2) is 11.6 Å². The van der Waals surface area contributed by atoms with Crippen molar-refractivity contribution in [2.75, 3.05) is 0 Å². The molecule has 1 aromatic heterocycles. The summed E-state index contributed by atoms with van der Waals surface area (Å²) in [6.45, 7) is 2.08. The monoisotopic (exact) mass is 258 g/mol. The number of aromatic nitrogens is 4. The van der Waals surface area contributed by atoms with Gasteiger partial charge in [0.05, 0.1) is 10.7 Å². The van der Waals surface area contributed by atoms with Gasteiger partial charge >= 0.3 is 5.69 Å². The van der Waals surface area contributed by atoms with Gasteiger partial charge in [-0.3, -0.25) is 0 Å². The third-order valence-corrected chi connectivity index (χ3v) is 2.49. The summed E-state index contributed by atoms with van der Waals surface area (Å²) in [6, 6.07) is 1.93. The van der Waals surface area contributed by atoms with Crippen LogP contribution in [0.25, 0.3) is 5.69 Å². The Balaban J connectivity index is 2.64. The maximum atomic E-state index is 13.0. The molecular weight excluding hydrogens is 251 g/mol. The molecule has 0 radical (unpaired) electrons. The third-order valence-electron chi connectivity index (χ3n) is 2.18. The van der Waals surface area contributed by atoms with E-state index in [-0.39, 0.29) is 10.7 Å². The summed E-state index contributed by atoms with van der Waals surface area (Å²) in [4.78, 5) is 11.7. The molecule has 0 unspecified atom stereocenters. The normalized spacial score (nSPS) is 10.8. The minimum atomic E-state index is -0.866. The molecule has 0 aliphatic carbocycles. The lowest BCUT2D eigenvalue weighted by Gasteiger charge is -2.03. The lowest BCUT2D eigenvalue weighted by atomic mass is 10.3. The number of hydrogen-bond donors (Lipinski definition) is 1. The zero-order valence-electron chi connectivity index (χ0n) is 8.76. The molecule has 0 aliphatic heterocycles. The van der Waals surface area contributed by atoms with Crippen molar-refractivity contribution < 1.29 is 9.50 Å². The van der Waals surface area contributed by atoms with Crippen LogP contribution >= 0.6 is 11.6 Å². The largest absolute Gasteiger partial charge is 0.505 e. The van der Waals surface area contributed by atoms with Gasteiger partial charge in [0.1, 0.15) is 0 Å². The van der Waals surface area contributed by atoms with Gasteiger partial charge in [-0.05, 0) is 23.4 Å². The van der Waals surface area contributed by atoms with Crippen LogP contribution in [-0.2, 0) is 6.54 Å². The number of halogens is 2. The molecule has 0 aliphatic rings. The van der Waals surface area contributed by atoms with E-state index in [1.807, 2.05) is 0 Å². The van der Waals surface area contributed by atoms with Gasteiger partial charge < -0.3 is 5.11 Å². The Morgan fingerprint density at radius 2 is 2.18 bits per heavy atom. The zero-order chi connectivity index (χ0) is 12.6. The Morgan fingerprint density at radius 3 is 2.76 bits per heavy atom. The number of nitrogens with zero attached hydrogens (tertiary/aromatic N) is 4. The van der Waals surface area contributed by atoms with E-state index in [1.165, 1.54) is 0 Å². The Hall–Kier alpha value is -1.89. The van der Waals surface area contributed by atoms with E-state index in [0.717, 1.165) is 21.5 Å². The summed E-state index contributed by atoms with van der Waals surface area (Å²) < 4.78 is 15.0. The van der Waals surface area contributed by atoms with Crippen molar-refractivity contribution in [1.29, 1.82) is 0 Å². The van der Waals surface area contributed by atoms with E-state index in [2.05, 4.69) is 10.4 Å². The fourth-order valence-electron chi connectivity index (χ4n) is 1.31. The van der Waals surface area contributed by atoms with E-state index in [0.29, 0.717) is 6.54 Å². The first-order chi connectivity index (χ1) is 8.04. The van der Waals surface area contributed by atoms with Crippen LogP contribution < -0.4 is 5.69 Å². The topological polar surface area (TPSA) is 72.9 Å². The van der Waals surface area contributed by atoms with Crippen LogP contribution in [0.1, 0.15) is 6.92 Å². The first-order valence-corrected chi connectivity index (χ1v) is 5.13. The van der Waals surface area contributed by atoms with Gasteiger partial charge in [0.2, 0.25) is 0 Å². The van der Waals surface area contributed by atoms with Crippen LogP contribution in [0.5, 0.6) is 5.75 Å². The number of aryl methyl sites for hydroxylation is 1. The second-order valence-corrected chi connectivity index (χ2v) is 3.65. The van der Waals surface area contributed by atoms with Crippen LogP contribution in [0, 0.1) is 5.82 Å². The fraction of sp³-hybridized carbons (Fsp3) is 0.222. The molecule has 1 heterocycles. The Bertz CT molecular complexity index is 622. The Morgan fingerprint density at radius 1 is 1.47 bits per heavy atom. The molecule has 0 spiro atoms. The highest BCUT2D eigenvalue weighted by Gasteiger charge is 2.14. The molecule has 0 saturated heterocycles. The van der Waals surface area contributed by atoms with Gasteiger partial charge in [-0.2, -0.15) is 9.36 Å². The second-order valence-electron chi connectivity index (χ2n) is 3.24. The van der Waals surface area contributed by atoms with Crippen LogP contribution in [-0.4, -0.2) is 24.9 Å². The van der Waals surface area contributed by atoms with Crippen LogP contribution in [0.15, 0.2) is 16.9 Å². The summed E-state index contributed by atoms with van der Waals surface area (Å²) in [5.41, 5.74) is -0.435. The van der Waals surface area contributed by atoms with Crippen molar-refractivity contribution in [1.82, 2.24) is 19.8 Å². The van der Waals surface area contributed by atoms with Crippen molar-refractivity contribution in [2.24, 2.45) is 0 Å². The highest BCUT2D eigenvalue weighted by Crippen LogP contribution is 2.26. The highest BCUT2D eigenvalue weighted by molar-refractivity contribution is 6.32. The summed E-state index contributed by atoms with van der Waals surface area (Å²) >= 11 is 5.77. The lowest BCUT2D eigenvalue weighted by Crippen LogP contribution is -2.23. The Kier molecular flexibility index (Phi) is 2.84. The number of hydrogen-bond acceptors (Lipinski definition) is 4. The van der Waals surface area contributed by atoms with Crippen LogP contribution in [0.2, 0.25) is 5.02 Å². The minimum Gasteiger partial charge on any atom is -0.505 e. The standard InChI is InChI=1S/C9H8ClFN4O2/c1-2-14-9(17)15(13-12-14)7-4-8(16)6(11)3-5(7)10/h3-4,16H,2H2,1H3. The highest BCUT2D eigenvalue weighted by atomic mass is 35.5. The predicted octanol–water partition coefficient (Wildman–Crippen LogP) is 0.947. The summed E-state index contributed by atoms with van der Waals surface area (Å²) in [7, 11) is 0. The number of tetrazole rings is 1. The second kappa shape index (κ2) is 4.17. The predicted molar refractivity (Wildman–Crippen MR) is 57.9 cm³/mol. The first-order valence-electron chi connectivity index (χ1n) is 4.75. The maximum Gasteiger partial charge on any atom is 0.368 e. The van der Waals surface area contributed by atoms with E-state index in [9.17, 15) is 14.3 Å². The molecule has 1 N–H and O–H groups in total. The fourth-order valence-corrected chi connectivity index (χ4v) is 1.54. The summed E-state index contributed by atoms with van der Waals surface area (Å²) in [5.74, 6) is -1.47. The lowest BCUT2D eigenvalue weighted by molar-refractivity contribution is 0.432. The molecule has 0 saturated carbocycles. The molecule has 17 heavy (non-hydrogen) atoms. The molecule has 2 rings (SSSR count). The van der Waals surface area contributed by atoms with Crippen LogP contribution in [0.4, 0.5) is 4.39 Å². The molecule has 0 amide bonds. The van der Waals surface area contributed by atoms with Gasteiger partial charge in [-0.15, -0.1) is 0 Å². The van der Waals surface area contributed by atoms with E-state index < -0.39 is 17.3 Å². The number of phenols is 1. The number of benzene rings is 1. The average Bonchev–Trinajstić information content (AvgIpc) is 2.65. The van der Waals surface area contributed by atoms with Crippen molar-refractivity contribution >= 4 is 11.6 Å². The molecule has 2 aromatic rings. The molecule has 1 aromatic carbocycles. The molecule has 90 valence electrons. The molecule has 0 fully saturated rings. The summed E-state index contributed by atoms with van der Waals surface area (Å²) in [6.07, 6.45) is 0. The van der Waals surface area contributed by atoms with E-state index >= 15 is 0 Å². The third kappa shape index (κ3) is 1.89. The van der Waals surface area contributed by atoms with Crippen molar-refractivity contribution in [3.8, 4) is 11.4 Å². The van der Waals surface area contributed by atoms with Crippen molar-refractivity contribution in [3.63, 3.8) is 0 Å². The minimum absolute atomic E-state index is 0.0365. The quantitative estimate of drug-likeness (QED) is 0.870. The van der Waals surface area contributed by atoms with Crippen molar-refractivity contribution in [2.45, 2.75) is 13.5 Å². The van der Waals surface area contributed by atoms with Gasteiger partial charge in [-0.25, -0.2) is 9.18 Å². The van der Waals surface area contributed by atoms with Gasteiger partial charge in [0.25, 0.3) is 0 Å². The Labute approximate surface area is 99.8 Å². The number of phenolic OH excluding ortho intramolecular Hbond substituents is 1. The van der Waals surface area contributed by atoms with E-state index in [4.69, 9.17) is 11.6 Å². The maximum absolute atomic E-state index is 13.0. The van der Waals surface area contributed by atoms with Crippen molar-refractivity contribution in [3.05, 3.63) is 33.5 Å². The molecule has 6 nitrogen and oxygen atoms in total. The molecule has 0 atom stereocenters. The number of rotatable bonds is 2. The SMILES string of the molecule is CCn1nnn(-c2cc(O)c(F)cc2Cl)c1=O. The molecular formula is C9H8ClFN4O2. The van der Waals surface area contributed by atoms with Gasteiger partial charge in [-0.1, -0.05) is 11.6 Å². The zero-order valence-corrected chi connectivity index (χ0v) is 9.52. The smallest absolute Gasteiger partial charge is 0.368 e. The summed E-state index contributed by atoms with van der Waals surface area (Å²) in [5, 5.41) is 16.4. The van der Waals surface area contributed by atoms with E-state index in [1.54, 1.807) is 6.92 Å². The molecule has 0 bridgehead atoms. The molecule has 8 heteroatoms. The van der Waals surface area contributed by atoms with Gasteiger partial charge in [0, 0.05) is 12.6 Å². The first kappa shape index (κ1) is 11.6. The number of aromatic hydroxyl groups is 1. The average molecular weight is 259 g/mol. The van der Waals surface area contributed by atoms with Crippen LogP contribution in [0.3, 0.4) is 0 Å².